The van der Waals surface area contributed by atoms with Crippen molar-refractivity contribution in [3.05, 3.63) is 48.0 Å². The van der Waals surface area contributed by atoms with Gasteiger partial charge < -0.3 is 0 Å². The number of carbonyl (C=O) groups is 4. The summed E-state index contributed by atoms with van der Waals surface area (Å²) < 4.78 is 0. The lowest BCUT2D eigenvalue weighted by molar-refractivity contribution is -0.147. The van der Waals surface area contributed by atoms with Crippen LogP contribution >= 0.6 is 0 Å². The summed E-state index contributed by atoms with van der Waals surface area (Å²) in [5.74, 6) is -1.00. The molecular formula is C26H32N2O4. The van der Waals surface area contributed by atoms with Crippen molar-refractivity contribution >= 4 is 23.6 Å². The van der Waals surface area contributed by atoms with Crippen molar-refractivity contribution in [1.29, 1.82) is 0 Å². The first-order valence-corrected chi connectivity index (χ1v) is 11.5. The minimum absolute atomic E-state index is 0.0814. The number of likely N-dealkylation sites (tertiary alicyclic amines) is 1. The summed E-state index contributed by atoms with van der Waals surface area (Å²) in [6, 6.07) is 9.79. The number of hydrogen-bond acceptors (Lipinski definition) is 4. The first-order chi connectivity index (χ1) is 15.1. The first-order valence-electron chi connectivity index (χ1n) is 11.5. The molecule has 2 fully saturated rings. The lowest BCUT2D eigenvalue weighted by Crippen LogP contribution is -2.52. The minimum atomic E-state index is -0.352. The van der Waals surface area contributed by atoms with Gasteiger partial charge in [0, 0.05) is 37.1 Å². The molecule has 4 rings (SSSR count). The van der Waals surface area contributed by atoms with Crippen molar-refractivity contribution in [3.63, 3.8) is 0 Å². The van der Waals surface area contributed by atoms with Gasteiger partial charge in [-0.3, -0.25) is 29.0 Å². The fourth-order valence-electron chi connectivity index (χ4n) is 6.16. The predicted octanol–water partition coefficient (Wildman–Crippen LogP) is 3.50. The van der Waals surface area contributed by atoms with Gasteiger partial charge in [-0.25, -0.2) is 0 Å². The molecule has 1 aromatic carbocycles. The molecule has 32 heavy (non-hydrogen) atoms. The fourth-order valence-corrected chi connectivity index (χ4v) is 6.16. The van der Waals surface area contributed by atoms with Crippen molar-refractivity contribution in [1.82, 2.24) is 9.80 Å². The number of carbonyl (C=O) groups excluding carboxylic acids is 4. The van der Waals surface area contributed by atoms with Gasteiger partial charge in [0.25, 0.3) is 11.8 Å². The molecular weight excluding hydrogens is 404 g/mol. The summed E-state index contributed by atoms with van der Waals surface area (Å²) >= 11 is 0. The summed E-state index contributed by atoms with van der Waals surface area (Å²) in [4.78, 5) is 53.3. The molecule has 2 aliphatic heterocycles. The van der Waals surface area contributed by atoms with Gasteiger partial charge in [0.1, 0.15) is 0 Å². The Labute approximate surface area is 189 Å². The maximum absolute atomic E-state index is 13.1. The molecule has 1 saturated carbocycles. The number of amides is 4. The van der Waals surface area contributed by atoms with E-state index in [0.717, 1.165) is 19.3 Å². The van der Waals surface area contributed by atoms with Crippen LogP contribution in [0.3, 0.4) is 0 Å². The van der Waals surface area contributed by atoms with Gasteiger partial charge in [-0.1, -0.05) is 51.1 Å². The summed E-state index contributed by atoms with van der Waals surface area (Å²) in [7, 11) is 0. The fraction of sp³-hybridized carbons (Fsp3) is 0.538. The molecule has 3 atom stereocenters. The van der Waals surface area contributed by atoms with E-state index in [2.05, 4.69) is 20.8 Å². The number of aryl methyl sites for hydroxylation is 1. The van der Waals surface area contributed by atoms with Crippen molar-refractivity contribution in [2.75, 3.05) is 6.54 Å². The Kier molecular flexibility index (Phi) is 5.82. The molecule has 1 aliphatic carbocycles. The van der Waals surface area contributed by atoms with E-state index in [1.165, 1.54) is 27.5 Å². The van der Waals surface area contributed by atoms with Gasteiger partial charge >= 0.3 is 0 Å². The Hall–Kier alpha value is -2.76. The van der Waals surface area contributed by atoms with Crippen LogP contribution in [0.1, 0.15) is 58.4 Å². The Bertz CT molecular complexity index is 949. The topological polar surface area (TPSA) is 74.8 Å². The zero-order valence-electron chi connectivity index (χ0n) is 19.2. The van der Waals surface area contributed by atoms with E-state index >= 15 is 0 Å². The minimum Gasteiger partial charge on any atom is -0.282 e. The first kappa shape index (κ1) is 22.4. The molecule has 6 heteroatoms. The van der Waals surface area contributed by atoms with Crippen LogP contribution in [0.5, 0.6) is 0 Å². The van der Waals surface area contributed by atoms with Gasteiger partial charge in [0.15, 0.2) is 0 Å². The smallest absolute Gasteiger partial charge is 0.253 e. The normalized spacial score (nSPS) is 30.0. The van der Waals surface area contributed by atoms with E-state index in [4.69, 9.17) is 0 Å². The average Bonchev–Trinajstić information content (AvgIpc) is 3.18. The third-order valence-electron chi connectivity index (χ3n) is 7.13. The van der Waals surface area contributed by atoms with Crippen LogP contribution in [-0.2, 0) is 25.6 Å². The molecule has 0 radical (unpaired) electrons. The van der Waals surface area contributed by atoms with Gasteiger partial charge in [-0.2, -0.15) is 0 Å². The molecule has 3 aliphatic rings. The van der Waals surface area contributed by atoms with Crippen LogP contribution in [0.25, 0.3) is 0 Å². The van der Waals surface area contributed by atoms with E-state index < -0.39 is 0 Å². The highest BCUT2D eigenvalue weighted by molar-refractivity contribution is 6.13. The Morgan fingerprint density at radius 3 is 2.25 bits per heavy atom. The summed E-state index contributed by atoms with van der Waals surface area (Å²) in [5.41, 5.74) is 0.706. The SMILES string of the molecule is CC1(C)CC(N2C(=O)C=CC2=O)CC(C)(CN2C(=O)CC(CCc3ccccc3)C2=O)C1. The zero-order chi connectivity index (χ0) is 23.1. The van der Waals surface area contributed by atoms with Crippen LogP contribution < -0.4 is 0 Å². The maximum atomic E-state index is 13.1. The van der Waals surface area contributed by atoms with Crippen molar-refractivity contribution in [3.8, 4) is 0 Å². The summed E-state index contributed by atoms with van der Waals surface area (Å²) in [6.45, 7) is 6.69. The van der Waals surface area contributed by atoms with Crippen molar-refractivity contribution < 1.29 is 19.2 Å². The highest BCUT2D eigenvalue weighted by Gasteiger charge is 2.49. The average molecular weight is 437 g/mol. The second-order valence-corrected chi connectivity index (χ2v) is 10.8. The standard InChI is InChI=1S/C26H32N2O4/c1-25(2)14-20(28-21(29)11-12-22(28)30)15-26(3,16-25)17-27-23(31)13-19(24(27)32)10-9-18-7-5-4-6-8-18/h4-8,11-12,19-20H,9-10,13-17H2,1-3H3. The van der Waals surface area contributed by atoms with Crippen LogP contribution in [-0.4, -0.2) is 46.0 Å². The third-order valence-corrected chi connectivity index (χ3v) is 7.13. The molecule has 0 N–H and O–H groups in total. The molecule has 0 aromatic heterocycles. The Morgan fingerprint density at radius 2 is 1.59 bits per heavy atom. The monoisotopic (exact) mass is 436 g/mol. The second kappa shape index (κ2) is 8.30. The molecule has 1 aromatic rings. The van der Waals surface area contributed by atoms with E-state index in [0.29, 0.717) is 19.4 Å². The van der Waals surface area contributed by atoms with Crippen LogP contribution in [0, 0.1) is 16.7 Å². The predicted molar refractivity (Wildman–Crippen MR) is 120 cm³/mol. The van der Waals surface area contributed by atoms with Gasteiger partial charge in [0.05, 0.1) is 0 Å². The molecule has 4 amide bonds. The quantitative estimate of drug-likeness (QED) is 0.640. The molecule has 0 bridgehead atoms. The van der Waals surface area contributed by atoms with E-state index in [1.54, 1.807) is 0 Å². The van der Waals surface area contributed by atoms with Gasteiger partial charge in [-0.05, 0) is 48.5 Å². The number of benzene rings is 1. The number of hydrogen-bond donors (Lipinski definition) is 0. The lowest BCUT2D eigenvalue weighted by Gasteiger charge is -2.49. The molecule has 3 unspecified atom stereocenters. The van der Waals surface area contributed by atoms with E-state index in [-0.39, 0.29) is 52.8 Å². The van der Waals surface area contributed by atoms with E-state index in [1.807, 2.05) is 30.3 Å². The summed E-state index contributed by atoms with van der Waals surface area (Å²) in [6.07, 6.45) is 6.51. The number of imide groups is 2. The lowest BCUT2D eigenvalue weighted by atomic mass is 9.62. The van der Waals surface area contributed by atoms with Crippen molar-refractivity contribution in [2.45, 2.75) is 65.3 Å². The van der Waals surface area contributed by atoms with Crippen LogP contribution in [0.2, 0.25) is 0 Å². The highest BCUT2D eigenvalue weighted by atomic mass is 16.2. The number of rotatable bonds is 6. The van der Waals surface area contributed by atoms with Crippen LogP contribution in [0.15, 0.2) is 42.5 Å². The molecule has 170 valence electrons. The molecule has 2 heterocycles. The number of nitrogens with zero attached hydrogens (tertiary/aromatic N) is 2. The largest absolute Gasteiger partial charge is 0.282 e. The summed E-state index contributed by atoms with van der Waals surface area (Å²) in [5, 5.41) is 0. The zero-order valence-corrected chi connectivity index (χ0v) is 19.2. The molecule has 1 saturated heterocycles. The van der Waals surface area contributed by atoms with Crippen LogP contribution in [0.4, 0.5) is 0 Å². The van der Waals surface area contributed by atoms with Crippen molar-refractivity contribution in [2.24, 2.45) is 16.7 Å². The van der Waals surface area contributed by atoms with Gasteiger partial charge in [-0.15, -0.1) is 0 Å². The second-order valence-electron chi connectivity index (χ2n) is 10.8. The molecule has 6 nitrogen and oxygen atoms in total. The van der Waals surface area contributed by atoms with E-state index in [9.17, 15) is 19.2 Å². The highest BCUT2D eigenvalue weighted by Crippen LogP contribution is 2.49. The maximum Gasteiger partial charge on any atom is 0.253 e. The third kappa shape index (κ3) is 4.54. The van der Waals surface area contributed by atoms with Gasteiger partial charge in [0.2, 0.25) is 11.8 Å². The Balaban J connectivity index is 1.45. The molecule has 0 spiro atoms. The Morgan fingerprint density at radius 1 is 0.938 bits per heavy atom.